The van der Waals surface area contributed by atoms with Crippen molar-refractivity contribution in [2.24, 2.45) is 0 Å². The van der Waals surface area contributed by atoms with Gasteiger partial charge in [0.05, 0.1) is 0 Å². The molecule has 0 aliphatic heterocycles. The molecular formula is C28H29N3O2S. The van der Waals surface area contributed by atoms with E-state index in [2.05, 4.69) is 56.3 Å². The molecule has 4 rings (SSSR count). The Labute approximate surface area is 205 Å². The molecule has 1 amide bonds. The van der Waals surface area contributed by atoms with E-state index in [0.29, 0.717) is 17.9 Å². The number of benzene rings is 3. The van der Waals surface area contributed by atoms with Crippen LogP contribution in [0.5, 0.6) is 0 Å². The van der Waals surface area contributed by atoms with Gasteiger partial charge in [-0.1, -0.05) is 45.0 Å². The van der Waals surface area contributed by atoms with E-state index in [9.17, 15) is 4.79 Å². The molecule has 0 unspecified atom stereocenters. The first-order valence-electron chi connectivity index (χ1n) is 11.3. The van der Waals surface area contributed by atoms with Crippen molar-refractivity contribution in [3.05, 3.63) is 94.4 Å². The maximum Gasteiger partial charge on any atom is 0.257 e. The predicted octanol–water partition coefficient (Wildman–Crippen LogP) is 6.46. The van der Waals surface area contributed by atoms with Gasteiger partial charge in [0.1, 0.15) is 5.52 Å². The quantitative estimate of drug-likeness (QED) is 0.334. The van der Waals surface area contributed by atoms with Crippen LogP contribution in [-0.2, 0) is 11.8 Å². The number of oxazole rings is 1. The van der Waals surface area contributed by atoms with Gasteiger partial charge in [-0.2, -0.15) is 0 Å². The van der Waals surface area contributed by atoms with Gasteiger partial charge in [0, 0.05) is 17.7 Å². The predicted molar refractivity (Wildman–Crippen MR) is 142 cm³/mol. The lowest BCUT2D eigenvalue weighted by Crippen LogP contribution is -2.34. The van der Waals surface area contributed by atoms with Crippen LogP contribution in [0, 0.1) is 13.8 Å². The second-order valence-corrected chi connectivity index (χ2v) is 10.0. The number of thiocarbonyl (C=S) groups is 1. The number of anilines is 1. The fraction of sp³-hybridized carbons (Fsp3) is 0.250. The third-order valence-corrected chi connectivity index (χ3v) is 6.06. The highest BCUT2D eigenvalue weighted by atomic mass is 32.1. The zero-order valence-electron chi connectivity index (χ0n) is 20.2. The first kappa shape index (κ1) is 23.6. The van der Waals surface area contributed by atoms with Crippen LogP contribution in [0.4, 0.5) is 5.69 Å². The van der Waals surface area contributed by atoms with Crippen LogP contribution < -0.4 is 10.6 Å². The largest absolute Gasteiger partial charge is 0.440 e. The number of amides is 1. The Kier molecular flexibility index (Phi) is 6.53. The summed E-state index contributed by atoms with van der Waals surface area (Å²) in [5, 5.41) is 6.05. The van der Waals surface area contributed by atoms with Crippen molar-refractivity contribution in [1.29, 1.82) is 0 Å². The van der Waals surface area contributed by atoms with E-state index in [0.717, 1.165) is 22.4 Å². The Hall–Kier alpha value is -3.51. The number of nitrogens with zero attached hydrogens (tertiary/aromatic N) is 1. The molecule has 0 spiro atoms. The van der Waals surface area contributed by atoms with Crippen molar-refractivity contribution in [1.82, 2.24) is 10.3 Å². The van der Waals surface area contributed by atoms with Crippen molar-refractivity contribution in [2.75, 3.05) is 5.32 Å². The molecule has 0 bridgehead atoms. The number of nitrogens with one attached hydrogen (secondary N) is 2. The van der Waals surface area contributed by atoms with Gasteiger partial charge < -0.3 is 9.73 Å². The van der Waals surface area contributed by atoms with Crippen LogP contribution in [0.15, 0.2) is 65.1 Å². The van der Waals surface area contributed by atoms with E-state index in [-0.39, 0.29) is 16.4 Å². The molecule has 0 radical (unpaired) electrons. The van der Waals surface area contributed by atoms with Crippen LogP contribution in [0.1, 0.15) is 59.3 Å². The van der Waals surface area contributed by atoms with Gasteiger partial charge in [0.15, 0.2) is 16.6 Å². The fourth-order valence-corrected chi connectivity index (χ4v) is 3.85. The van der Waals surface area contributed by atoms with E-state index in [4.69, 9.17) is 16.6 Å². The average molecular weight is 472 g/mol. The molecule has 5 nitrogen and oxygen atoms in total. The lowest BCUT2D eigenvalue weighted by atomic mass is 9.87. The molecule has 0 aliphatic rings. The van der Waals surface area contributed by atoms with Crippen LogP contribution in [0.25, 0.3) is 11.1 Å². The normalized spacial score (nSPS) is 11.4. The molecule has 4 aromatic rings. The van der Waals surface area contributed by atoms with Gasteiger partial charge in [-0.15, -0.1) is 0 Å². The van der Waals surface area contributed by atoms with E-state index in [1.807, 2.05) is 54.6 Å². The van der Waals surface area contributed by atoms with Crippen LogP contribution in [-0.4, -0.2) is 16.0 Å². The fourth-order valence-electron chi connectivity index (χ4n) is 3.64. The second-order valence-electron chi connectivity index (χ2n) is 9.62. The lowest BCUT2D eigenvalue weighted by Gasteiger charge is -2.19. The Morgan fingerprint density at radius 2 is 1.62 bits per heavy atom. The monoisotopic (exact) mass is 471 g/mol. The molecule has 0 fully saturated rings. The summed E-state index contributed by atoms with van der Waals surface area (Å²) in [4.78, 5) is 17.1. The smallest absolute Gasteiger partial charge is 0.257 e. The summed E-state index contributed by atoms with van der Waals surface area (Å²) in [5.41, 5.74) is 7.72. The number of carbonyl (C=O) groups excluding carboxylic acids is 1. The summed E-state index contributed by atoms with van der Waals surface area (Å²) in [6.45, 7) is 10.6. The van der Waals surface area contributed by atoms with Crippen molar-refractivity contribution >= 4 is 40.0 Å². The van der Waals surface area contributed by atoms with Crippen molar-refractivity contribution < 1.29 is 9.21 Å². The number of fused-ring (bicyclic) bond motifs is 1. The van der Waals surface area contributed by atoms with E-state index in [1.54, 1.807) is 0 Å². The molecule has 0 aliphatic carbocycles. The minimum Gasteiger partial charge on any atom is -0.440 e. The van der Waals surface area contributed by atoms with Gasteiger partial charge in [-0.05, 0) is 90.1 Å². The molecule has 3 aromatic carbocycles. The molecule has 1 heterocycles. The highest BCUT2D eigenvalue weighted by molar-refractivity contribution is 7.80. The van der Waals surface area contributed by atoms with E-state index in [1.165, 1.54) is 16.7 Å². The van der Waals surface area contributed by atoms with Gasteiger partial charge in [-0.25, -0.2) is 4.98 Å². The summed E-state index contributed by atoms with van der Waals surface area (Å²) < 4.78 is 5.92. The Morgan fingerprint density at radius 1 is 0.971 bits per heavy atom. The Morgan fingerprint density at radius 3 is 2.26 bits per heavy atom. The van der Waals surface area contributed by atoms with Gasteiger partial charge in [0.25, 0.3) is 5.91 Å². The minimum atomic E-state index is -0.240. The maximum atomic E-state index is 12.5. The average Bonchev–Trinajstić information content (AvgIpc) is 3.15. The number of carbonyl (C=O) groups is 1. The molecule has 174 valence electrons. The highest BCUT2D eigenvalue weighted by Gasteiger charge is 2.15. The zero-order chi connectivity index (χ0) is 24.5. The zero-order valence-corrected chi connectivity index (χ0v) is 21.0. The lowest BCUT2D eigenvalue weighted by molar-refractivity contribution is 0.0977. The number of aryl methyl sites for hydroxylation is 2. The van der Waals surface area contributed by atoms with Gasteiger partial charge >= 0.3 is 0 Å². The second kappa shape index (κ2) is 9.39. The van der Waals surface area contributed by atoms with E-state index < -0.39 is 0 Å². The molecule has 1 aromatic heterocycles. The molecule has 6 heteroatoms. The van der Waals surface area contributed by atoms with Crippen molar-refractivity contribution in [3.8, 4) is 0 Å². The highest BCUT2D eigenvalue weighted by Crippen LogP contribution is 2.23. The molecular weight excluding hydrogens is 442 g/mol. The molecule has 0 atom stereocenters. The van der Waals surface area contributed by atoms with Crippen LogP contribution >= 0.6 is 12.2 Å². The first-order chi connectivity index (χ1) is 16.1. The number of aromatic nitrogens is 1. The third kappa shape index (κ3) is 5.51. The van der Waals surface area contributed by atoms with Crippen LogP contribution in [0.3, 0.4) is 0 Å². The SMILES string of the molecule is Cc1cc2nc(Cc3ccc(NC(=S)NC(=O)c4ccc(C(C)(C)C)cc4)cc3)oc2cc1C. The number of hydrogen-bond acceptors (Lipinski definition) is 4. The van der Waals surface area contributed by atoms with Gasteiger partial charge in [0.2, 0.25) is 0 Å². The summed E-state index contributed by atoms with van der Waals surface area (Å²) in [7, 11) is 0. The molecule has 34 heavy (non-hydrogen) atoms. The number of rotatable bonds is 4. The molecule has 0 saturated carbocycles. The Bertz CT molecular complexity index is 1310. The van der Waals surface area contributed by atoms with Gasteiger partial charge in [-0.3, -0.25) is 10.1 Å². The topological polar surface area (TPSA) is 67.2 Å². The van der Waals surface area contributed by atoms with Crippen molar-refractivity contribution in [2.45, 2.75) is 46.5 Å². The summed E-state index contributed by atoms with van der Waals surface area (Å²) in [6, 6.07) is 19.5. The molecule has 2 N–H and O–H groups in total. The third-order valence-electron chi connectivity index (χ3n) is 5.86. The summed E-state index contributed by atoms with van der Waals surface area (Å²) >= 11 is 5.32. The maximum absolute atomic E-state index is 12.5. The summed E-state index contributed by atoms with van der Waals surface area (Å²) in [5.74, 6) is 0.442. The Balaban J connectivity index is 1.35. The van der Waals surface area contributed by atoms with E-state index >= 15 is 0 Å². The van der Waals surface area contributed by atoms with Crippen molar-refractivity contribution in [3.63, 3.8) is 0 Å². The van der Waals surface area contributed by atoms with Crippen LogP contribution in [0.2, 0.25) is 0 Å². The molecule has 0 saturated heterocycles. The first-order valence-corrected chi connectivity index (χ1v) is 11.7. The summed E-state index contributed by atoms with van der Waals surface area (Å²) in [6.07, 6.45) is 0.596. The standard InChI is InChI=1S/C28H29N3O2S/c1-17-14-23-24(15-18(17)2)33-25(30-23)16-19-6-12-22(13-7-19)29-27(34)31-26(32)20-8-10-21(11-9-20)28(3,4)5/h6-15H,16H2,1-5H3,(H2,29,31,32,34). The number of hydrogen-bond donors (Lipinski definition) is 2. The minimum absolute atomic E-state index is 0.0383.